The summed E-state index contributed by atoms with van der Waals surface area (Å²) in [5.41, 5.74) is 2.45. The van der Waals surface area contributed by atoms with Crippen LogP contribution >= 0.6 is 28.1 Å². The van der Waals surface area contributed by atoms with E-state index < -0.39 is 0 Å². The summed E-state index contributed by atoms with van der Waals surface area (Å²) in [5, 5.41) is 4.16. The SMILES string of the molecule is S=C(Nc1ccc(Br)cc1)N1CC[NH+](Cc2ccccc2)CC1. The fraction of sp³-hybridized carbons (Fsp3) is 0.278. The van der Waals surface area contributed by atoms with Crippen molar-refractivity contribution in [3.8, 4) is 0 Å². The number of hydrogen-bond donors (Lipinski definition) is 2. The molecule has 2 N–H and O–H groups in total. The number of quaternary nitrogens is 1. The van der Waals surface area contributed by atoms with E-state index >= 15 is 0 Å². The van der Waals surface area contributed by atoms with Gasteiger partial charge in [-0.2, -0.15) is 0 Å². The maximum Gasteiger partial charge on any atom is 0.173 e. The average molecular weight is 391 g/mol. The zero-order chi connectivity index (χ0) is 16.1. The van der Waals surface area contributed by atoms with Gasteiger partial charge in [-0.3, -0.25) is 0 Å². The molecule has 120 valence electrons. The van der Waals surface area contributed by atoms with Gasteiger partial charge in [-0.25, -0.2) is 0 Å². The Bertz CT molecular complexity index is 637. The highest BCUT2D eigenvalue weighted by Gasteiger charge is 2.21. The standard InChI is InChI=1S/C18H20BrN3S/c19-16-6-8-17(9-7-16)20-18(23)22-12-10-21(11-13-22)14-15-4-2-1-3-5-15/h1-9H,10-14H2,(H,20,23)/p+1. The van der Waals surface area contributed by atoms with Crippen molar-refractivity contribution >= 4 is 38.9 Å². The van der Waals surface area contributed by atoms with Crippen molar-refractivity contribution in [3.63, 3.8) is 0 Å². The van der Waals surface area contributed by atoms with Crippen LogP contribution in [0, 0.1) is 0 Å². The largest absolute Gasteiger partial charge is 0.338 e. The summed E-state index contributed by atoms with van der Waals surface area (Å²) < 4.78 is 1.08. The molecule has 3 rings (SSSR count). The summed E-state index contributed by atoms with van der Waals surface area (Å²) in [6, 6.07) is 18.8. The Labute approximate surface area is 151 Å². The number of benzene rings is 2. The van der Waals surface area contributed by atoms with Crippen LogP contribution in [0.5, 0.6) is 0 Å². The van der Waals surface area contributed by atoms with Gasteiger partial charge in [0.2, 0.25) is 0 Å². The van der Waals surface area contributed by atoms with E-state index in [1.54, 1.807) is 4.90 Å². The molecule has 23 heavy (non-hydrogen) atoms. The van der Waals surface area contributed by atoms with Crippen molar-refractivity contribution in [3.05, 3.63) is 64.6 Å². The molecule has 0 bridgehead atoms. The highest BCUT2D eigenvalue weighted by molar-refractivity contribution is 9.10. The van der Waals surface area contributed by atoms with E-state index in [1.807, 2.05) is 24.3 Å². The van der Waals surface area contributed by atoms with Gasteiger partial charge in [0.15, 0.2) is 5.11 Å². The third kappa shape index (κ3) is 4.77. The first-order valence-corrected chi connectivity index (χ1v) is 9.10. The topological polar surface area (TPSA) is 19.7 Å². The summed E-state index contributed by atoms with van der Waals surface area (Å²) in [7, 11) is 0. The van der Waals surface area contributed by atoms with E-state index in [9.17, 15) is 0 Å². The van der Waals surface area contributed by atoms with Gasteiger partial charge in [-0.15, -0.1) is 0 Å². The van der Waals surface area contributed by atoms with E-state index in [0.717, 1.165) is 48.0 Å². The van der Waals surface area contributed by atoms with E-state index in [0.29, 0.717) is 0 Å². The number of thiocarbonyl (C=S) groups is 1. The summed E-state index contributed by atoms with van der Waals surface area (Å²) in [6.45, 7) is 5.35. The minimum Gasteiger partial charge on any atom is -0.338 e. The molecule has 5 heteroatoms. The lowest BCUT2D eigenvalue weighted by atomic mass is 10.2. The Hall–Kier alpha value is -1.43. The van der Waals surface area contributed by atoms with E-state index in [2.05, 4.69) is 56.5 Å². The molecule has 0 radical (unpaired) electrons. The number of rotatable bonds is 3. The molecule has 0 aromatic heterocycles. The summed E-state index contributed by atoms with van der Waals surface area (Å²) in [5.74, 6) is 0. The molecular formula is C18H21BrN3S+. The fourth-order valence-corrected chi connectivity index (χ4v) is 3.39. The number of hydrogen-bond acceptors (Lipinski definition) is 1. The Morgan fingerprint density at radius 2 is 1.70 bits per heavy atom. The first kappa shape index (κ1) is 16.4. The summed E-state index contributed by atoms with van der Waals surface area (Å²) in [4.78, 5) is 3.89. The lowest BCUT2D eigenvalue weighted by Gasteiger charge is -2.33. The molecule has 0 amide bonds. The molecule has 1 saturated heterocycles. The predicted molar refractivity (Wildman–Crippen MR) is 103 cm³/mol. The molecule has 1 fully saturated rings. The summed E-state index contributed by atoms with van der Waals surface area (Å²) >= 11 is 9.00. The normalized spacial score (nSPS) is 15.4. The van der Waals surface area contributed by atoms with Crippen LogP contribution in [0.15, 0.2) is 59.1 Å². The molecule has 0 saturated carbocycles. The number of nitrogens with one attached hydrogen (secondary N) is 2. The van der Waals surface area contributed by atoms with Gasteiger partial charge < -0.3 is 15.1 Å². The lowest BCUT2D eigenvalue weighted by molar-refractivity contribution is -0.917. The smallest absolute Gasteiger partial charge is 0.173 e. The Morgan fingerprint density at radius 1 is 1.04 bits per heavy atom. The molecule has 0 unspecified atom stereocenters. The second kappa shape index (κ2) is 7.90. The first-order valence-electron chi connectivity index (χ1n) is 7.90. The molecular weight excluding hydrogens is 370 g/mol. The predicted octanol–water partition coefficient (Wildman–Crippen LogP) is 2.55. The minimum absolute atomic E-state index is 0.825. The van der Waals surface area contributed by atoms with Crippen molar-refractivity contribution in [1.29, 1.82) is 0 Å². The number of nitrogens with zero attached hydrogens (tertiary/aromatic N) is 1. The van der Waals surface area contributed by atoms with Crippen LogP contribution in [0.4, 0.5) is 5.69 Å². The monoisotopic (exact) mass is 390 g/mol. The Kier molecular flexibility index (Phi) is 5.65. The number of piperazine rings is 1. The third-order valence-electron chi connectivity index (χ3n) is 4.15. The van der Waals surface area contributed by atoms with Crippen molar-refractivity contribution in [2.75, 3.05) is 31.5 Å². The van der Waals surface area contributed by atoms with Crippen LogP contribution in [0.1, 0.15) is 5.56 Å². The van der Waals surface area contributed by atoms with Gasteiger partial charge in [0.25, 0.3) is 0 Å². The second-order valence-electron chi connectivity index (χ2n) is 5.84. The quantitative estimate of drug-likeness (QED) is 0.785. The fourth-order valence-electron chi connectivity index (χ4n) is 2.82. The average Bonchev–Trinajstić information content (AvgIpc) is 2.58. The molecule has 1 heterocycles. The highest BCUT2D eigenvalue weighted by Crippen LogP contribution is 2.14. The van der Waals surface area contributed by atoms with Gasteiger partial charge in [-0.1, -0.05) is 46.3 Å². The zero-order valence-electron chi connectivity index (χ0n) is 13.0. The lowest BCUT2D eigenvalue weighted by Crippen LogP contribution is -3.13. The van der Waals surface area contributed by atoms with Gasteiger partial charge in [0.1, 0.15) is 6.54 Å². The van der Waals surface area contributed by atoms with E-state index in [4.69, 9.17) is 12.2 Å². The van der Waals surface area contributed by atoms with Crippen LogP contribution in [0.2, 0.25) is 0 Å². The van der Waals surface area contributed by atoms with Gasteiger partial charge >= 0.3 is 0 Å². The Balaban J connectivity index is 1.48. The molecule has 3 nitrogen and oxygen atoms in total. The zero-order valence-corrected chi connectivity index (χ0v) is 15.4. The van der Waals surface area contributed by atoms with Crippen molar-refractivity contribution in [2.45, 2.75) is 6.54 Å². The van der Waals surface area contributed by atoms with Gasteiger partial charge in [0.05, 0.1) is 26.2 Å². The molecule has 2 aromatic rings. The van der Waals surface area contributed by atoms with E-state index in [1.165, 1.54) is 5.56 Å². The number of anilines is 1. The summed E-state index contributed by atoms with van der Waals surface area (Å²) in [6.07, 6.45) is 0. The van der Waals surface area contributed by atoms with Crippen LogP contribution in [-0.4, -0.2) is 36.2 Å². The van der Waals surface area contributed by atoms with Gasteiger partial charge in [-0.05, 0) is 36.5 Å². The molecule has 1 aliphatic rings. The van der Waals surface area contributed by atoms with Crippen LogP contribution < -0.4 is 10.2 Å². The van der Waals surface area contributed by atoms with Crippen LogP contribution in [-0.2, 0) is 6.54 Å². The van der Waals surface area contributed by atoms with E-state index in [-0.39, 0.29) is 0 Å². The maximum atomic E-state index is 5.55. The highest BCUT2D eigenvalue weighted by atomic mass is 79.9. The molecule has 0 atom stereocenters. The van der Waals surface area contributed by atoms with Crippen molar-refractivity contribution in [2.24, 2.45) is 0 Å². The molecule has 2 aromatic carbocycles. The van der Waals surface area contributed by atoms with Crippen LogP contribution in [0.25, 0.3) is 0 Å². The third-order valence-corrected chi connectivity index (χ3v) is 5.04. The number of halogens is 1. The maximum absolute atomic E-state index is 5.55. The minimum atomic E-state index is 0.825. The van der Waals surface area contributed by atoms with Crippen LogP contribution in [0.3, 0.4) is 0 Å². The van der Waals surface area contributed by atoms with Gasteiger partial charge in [0, 0.05) is 15.7 Å². The first-order chi connectivity index (χ1) is 11.2. The van der Waals surface area contributed by atoms with Crippen molar-refractivity contribution < 1.29 is 4.90 Å². The molecule has 0 spiro atoms. The Morgan fingerprint density at radius 3 is 2.35 bits per heavy atom. The second-order valence-corrected chi connectivity index (χ2v) is 7.14. The molecule has 0 aliphatic carbocycles. The molecule has 1 aliphatic heterocycles. The van der Waals surface area contributed by atoms with Crippen molar-refractivity contribution in [1.82, 2.24) is 4.90 Å².